The Bertz CT molecular complexity index is 1060. The predicted molar refractivity (Wildman–Crippen MR) is 151 cm³/mol. The molecule has 2 aromatic rings. The second-order valence-electron chi connectivity index (χ2n) is 11.8. The number of aromatic nitrogens is 1. The molecule has 1 amide bonds. The van der Waals surface area contributed by atoms with Gasteiger partial charge in [-0.1, -0.05) is 25.3 Å². The number of carbonyl (C=O) groups is 1. The van der Waals surface area contributed by atoms with E-state index in [1.165, 1.54) is 59.4 Å². The van der Waals surface area contributed by atoms with Crippen LogP contribution < -0.4 is 10.0 Å². The number of nitrogens with zero attached hydrogens (tertiary/aromatic N) is 1. The standard InChI is InChI=1S/C30H45N3O2S/c1-20-21(2)28(36-32-30(4,5)6)13-12-25(20)27-18-26(29(34)31-24-14-16-35-17-15-24)22(3)33(27)19-23-10-8-7-9-11-23/h12-13,18,23-24,32H,7-11,14-17,19H2,1-6H3,(H,31,34). The Labute approximate surface area is 222 Å². The molecule has 0 unspecified atom stereocenters. The van der Waals surface area contributed by atoms with E-state index in [9.17, 15) is 4.79 Å². The molecular formula is C30H45N3O2S. The van der Waals surface area contributed by atoms with Crippen LogP contribution in [-0.4, -0.2) is 35.3 Å². The Hall–Kier alpha value is -1.76. The third-order valence-electron chi connectivity index (χ3n) is 7.81. The summed E-state index contributed by atoms with van der Waals surface area (Å²) in [6.45, 7) is 15.6. The summed E-state index contributed by atoms with van der Waals surface area (Å²) in [7, 11) is 0. The van der Waals surface area contributed by atoms with Gasteiger partial charge in [-0.15, -0.1) is 0 Å². The van der Waals surface area contributed by atoms with Crippen LogP contribution in [-0.2, 0) is 11.3 Å². The number of benzene rings is 1. The number of carbonyl (C=O) groups excluding carboxylic acids is 1. The van der Waals surface area contributed by atoms with Crippen LogP contribution >= 0.6 is 11.9 Å². The van der Waals surface area contributed by atoms with Crippen LogP contribution in [0.15, 0.2) is 23.1 Å². The molecule has 2 N–H and O–H groups in total. The summed E-state index contributed by atoms with van der Waals surface area (Å²) in [6.07, 6.45) is 8.34. The van der Waals surface area contributed by atoms with Crippen molar-refractivity contribution >= 4 is 17.9 Å². The molecule has 1 aromatic heterocycles. The predicted octanol–water partition coefficient (Wildman–Crippen LogP) is 6.96. The highest BCUT2D eigenvalue weighted by molar-refractivity contribution is 7.97. The SMILES string of the molecule is Cc1c(SNC(C)(C)C)ccc(-c2cc(C(=O)NC3CCOCC3)c(C)n2CC2CCCCC2)c1C. The van der Waals surface area contributed by atoms with Gasteiger partial charge in [0.2, 0.25) is 0 Å². The lowest BCUT2D eigenvalue weighted by molar-refractivity contribution is 0.0696. The van der Waals surface area contributed by atoms with Crippen molar-refractivity contribution < 1.29 is 9.53 Å². The summed E-state index contributed by atoms with van der Waals surface area (Å²) in [5.41, 5.74) is 6.94. The molecule has 1 aromatic carbocycles. The summed E-state index contributed by atoms with van der Waals surface area (Å²) < 4.78 is 11.5. The Balaban J connectivity index is 1.68. The lowest BCUT2D eigenvalue weighted by Gasteiger charge is -2.25. The molecule has 1 aliphatic heterocycles. The number of rotatable bonds is 7. The highest BCUT2D eigenvalue weighted by Crippen LogP contribution is 2.36. The minimum Gasteiger partial charge on any atom is -0.381 e. The molecule has 36 heavy (non-hydrogen) atoms. The van der Waals surface area contributed by atoms with E-state index in [4.69, 9.17) is 4.74 Å². The van der Waals surface area contributed by atoms with Crippen LogP contribution in [0.25, 0.3) is 11.3 Å². The summed E-state index contributed by atoms with van der Waals surface area (Å²) in [5.74, 6) is 0.737. The van der Waals surface area contributed by atoms with E-state index in [0.717, 1.165) is 43.9 Å². The third-order valence-corrected chi connectivity index (χ3v) is 9.19. The van der Waals surface area contributed by atoms with Crippen molar-refractivity contribution in [3.63, 3.8) is 0 Å². The van der Waals surface area contributed by atoms with Crippen molar-refractivity contribution in [2.45, 2.75) is 110 Å². The minimum atomic E-state index is 0.0439. The zero-order chi connectivity index (χ0) is 25.9. The minimum absolute atomic E-state index is 0.0439. The fourth-order valence-electron chi connectivity index (χ4n) is 5.46. The maximum Gasteiger partial charge on any atom is 0.253 e. The van der Waals surface area contributed by atoms with Gasteiger partial charge in [0.25, 0.3) is 5.91 Å². The maximum absolute atomic E-state index is 13.4. The van der Waals surface area contributed by atoms with Gasteiger partial charge in [-0.25, -0.2) is 0 Å². The summed E-state index contributed by atoms with van der Waals surface area (Å²) in [6, 6.07) is 6.83. The van der Waals surface area contributed by atoms with Gasteiger partial charge >= 0.3 is 0 Å². The molecule has 1 aliphatic carbocycles. The van der Waals surface area contributed by atoms with Gasteiger partial charge in [0.15, 0.2) is 0 Å². The van der Waals surface area contributed by atoms with Crippen molar-refractivity contribution in [2.24, 2.45) is 5.92 Å². The van der Waals surface area contributed by atoms with Gasteiger partial charge in [-0.05, 0) is 108 Å². The molecule has 4 rings (SSSR count). The summed E-state index contributed by atoms with van der Waals surface area (Å²) in [4.78, 5) is 14.7. The summed E-state index contributed by atoms with van der Waals surface area (Å²) in [5, 5.41) is 3.29. The van der Waals surface area contributed by atoms with E-state index < -0.39 is 0 Å². The maximum atomic E-state index is 13.4. The van der Waals surface area contributed by atoms with Gasteiger partial charge in [0.1, 0.15) is 0 Å². The number of nitrogens with one attached hydrogen (secondary N) is 2. The molecule has 2 fully saturated rings. The van der Waals surface area contributed by atoms with Crippen LogP contribution in [0.5, 0.6) is 0 Å². The molecule has 0 atom stereocenters. The lowest BCUT2D eigenvalue weighted by Crippen LogP contribution is -2.39. The van der Waals surface area contributed by atoms with Crippen molar-refractivity contribution in [1.29, 1.82) is 0 Å². The largest absolute Gasteiger partial charge is 0.381 e. The molecule has 2 heterocycles. The van der Waals surface area contributed by atoms with Gasteiger partial charge in [0.05, 0.1) is 5.56 Å². The Morgan fingerprint density at radius 1 is 1.03 bits per heavy atom. The van der Waals surface area contributed by atoms with Gasteiger partial charge < -0.3 is 14.6 Å². The third kappa shape index (κ3) is 6.56. The second kappa shape index (κ2) is 11.7. The first-order valence-corrected chi connectivity index (χ1v) is 14.6. The van der Waals surface area contributed by atoms with E-state index in [0.29, 0.717) is 5.92 Å². The fourth-order valence-corrected chi connectivity index (χ4v) is 6.32. The zero-order valence-electron chi connectivity index (χ0n) is 23.1. The monoisotopic (exact) mass is 511 g/mol. The smallest absolute Gasteiger partial charge is 0.253 e. The van der Waals surface area contributed by atoms with E-state index >= 15 is 0 Å². The molecule has 0 radical (unpaired) electrons. The Kier molecular flexibility index (Phi) is 8.90. The van der Waals surface area contributed by atoms with Crippen molar-refractivity contribution in [1.82, 2.24) is 14.6 Å². The van der Waals surface area contributed by atoms with Gasteiger partial charge in [-0.2, -0.15) is 0 Å². The fraction of sp³-hybridized carbons (Fsp3) is 0.633. The van der Waals surface area contributed by atoms with E-state index in [1.807, 2.05) is 0 Å². The Morgan fingerprint density at radius 2 is 1.72 bits per heavy atom. The number of ether oxygens (including phenoxy) is 1. The Morgan fingerprint density at radius 3 is 2.39 bits per heavy atom. The molecule has 2 aliphatic rings. The molecule has 1 saturated carbocycles. The summed E-state index contributed by atoms with van der Waals surface area (Å²) >= 11 is 1.71. The highest BCUT2D eigenvalue weighted by atomic mass is 32.2. The topological polar surface area (TPSA) is 55.3 Å². The molecule has 6 heteroatoms. The molecule has 5 nitrogen and oxygen atoms in total. The van der Waals surface area contributed by atoms with Crippen LogP contribution in [0, 0.1) is 26.7 Å². The van der Waals surface area contributed by atoms with Crippen LogP contribution in [0.1, 0.15) is 92.9 Å². The number of amides is 1. The van der Waals surface area contributed by atoms with Gasteiger partial charge in [-0.3, -0.25) is 9.52 Å². The van der Waals surface area contributed by atoms with Crippen LogP contribution in [0.2, 0.25) is 0 Å². The number of hydrogen-bond acceptors (Lipinski definition) is 4. The van der Waals surface area contributed by atoms with Gasteiger partial charge in [0, 0.05) is 53.2 Å². The lowest BCUT2D eigenvalue weighted by atomic mass is 9.89. The van der Waals surface area contributed by atoms with Crippen LogP contribution in [0.3, 0.4) is 0 Å². The van der Waals surface area contributed by atoms with E-state index in [2.05, 4.69) is 74.3 Å². The van der Waals surface area contributed by atoms with Crippen molar-refractivity contribution in [3.8, 4) is 11.3 Å². The quantitative estimate of drug-likeness (QED) is 0.394. The first-order chi connectivity index (χ1) is 17.1. The normalized spacial score (nSPS) is 17.9. The van der Waals surface area contributed by atoms with Crippen LogP contribution in [0.4, 0.5) is 0 Å². The molecule has 1 saturated heterocycles. The molecular weight excluding hydrogens is 466 g/mol. The van der Waals surface area contributed by atoms with E-state index in [1.54, 1.807) is 11.9 Å². The van der Waals surface area contributed by atoms with E-state index in [-0.39, 0.29) is 17.5 Å². The first kappa shape index (κ1) is 27.3. The highest BCUT2D eigenvalue weighted by Gasteiger charge is 2.25. The average Bonchev–Trinajstić information content (AvgIpc) is 3.16. The second-order valence-corrected chi connectivity index (χ2v) is 12.7. The first-order valence-electron chi connectivity index (χ1n) is 13.8. The molecule has 0 spiro atoms. The zero-order valence-corrected chi connectivity index (χ0v) is 23.9. The van der Waals surface area contributed by atoms with Crippen molar-refractivity contribution in [3.05, 3.63) is 40.6 Å². The molecule has 0 bridgehead atoms. The average molecular weight is 512 g/mol. The van der Waals surface area contributed by atoms with Crippen molar-refractivity contribution in [2.75, 3.05) is 13.2 Å². The number of hydrogen-bond donors (Lipinski definition) is 2. The molecule has 198 valence electrons.